The van der Waals surface area contributed by atoms with Gasteiger partial charge in [-0.15, -0.1) is 0 Å². The largest absolute Gasteiger partial charge is 0.479 e. The van der Waals surface area contributed by atoms with E-state index in [2.05, 4.69) is 25.0 Å². The lowest BCUT2D eigenvalue weighted by Crippen LogP contribution is -2.45. The zero-order chi connectivity index (χ0) is 34.2. The van der Waals surface area contributed by atoms with E-state index in [4.69, 9.17) is 33.7 Å². The molecule has 48 heavy (non-hydrogen) atoms. The number of aliphatic hydroxyl groups is 2. The number of rotatable bonds is 11. The molecule has 0 aliphatic carbocycles. The topological polar surface area (TPSA) is 225 Å². The van der Waals surface area contributed by atoms with Crippen molar-refractivity contribution in [1.29, 1.82) is 0 Å². The molecule has 0 spiro atoms. The number of aromatic nitrogens is 5. The van der Waals surface area contributed by atoms with E-state index in [0.29, 0.717) is 40.8 Å². The third kappa shape index (κ3) is 6.93. The van der Waals surface area contributed by atoms with Gasteiger partial charge in [-0.25, -0.2) is 9.55 Å². The quantitative estimate of drug-likeness (QED) is 0.0740. The third-order valence-electron chi connectivity index (χ3n) is 8.05. The molecule has 0 saturated carbocycles. The number of benzene rings is 1. The summed E-state index contributed by atoms with van der Waals surface area (Å²) < 4.78 is 50.4. The summed E-state index contributed by atoms with van der Waals surface area (Å²) in [6.45, 7) is 3.25. The van der Waals surface area contributed by atoms with Crippen molar-refractivity contribution in [2.45, 2.75) is 62.9 Å². The first-order chi connectivity index (χ1) is 22.9. The second-order valence-electron chi connectivity index (χ2n) is 11.5. The average Bonchev–Trinajstić information content (AvgIpc) is 3.50. The van der Waals surface area contributed by atoms with Gasteiger partial charge in [0, 0.05) is 47.0 Å². The maximum atomic E-state index is 14.4. The van der Waals surface area contributed by atoms with Crippen molar-refractivity contribution in [2.24, 2.45) is 0 Å². The van der Waals surface area contributed by atoms with Crippen LogP contribution in [-0.4, -0.2) is 97.6 Å². The van der Waals surface area contributed by atoms with Gasteiger partial charge in [0.2, 0.25) is 11.8 Å². The number of carbonyl (C=O) groups excluding carboxylic acids is 1. The second-order valence-corrected chi connectivity index (χ2v) is 14.2. The van der Waals surface area contributed by atoms with Gasteiger partial charge in [0.25, 0.3) is 0 Å². The van der Waals surface area contributed by atoms with E-state index in [1.165, 1.54) is 25.5 Å². The highest BCUT2D eigenvalue weighted by molar-refractivity contribution is 14.1. The molecule has 19 heteroatoms. The number of hydrogen-bond acceptors (Lipinski definition) is 15. The Kier molecular flexibility index (Phi) is 10.1. The zero-order valence-corrected chi connectivity index (χ0v) is 29.2. The molecule has 5 N–H and O–H groups in total. The zero-order valence-electron chi connectivity index (χ0n) is 26.2. The Bertz CT molecular complexity index is 1850. The van der Waals surface area contributed by atoms with Crippen molar-refractivity contribution in [3.8, 4) is 11.6 Å². The molecule has 0 amide bonds. The number of carbonyl (C=O) groups is 1. The molecule has 1 aromatic carbocycles. The maximum absolute atomic E-state index is 14.4. The minimum Gasteiger partial charge on any atom is -0.479 e. The molecule has 6 rings (SSSR count). The van der Waals surface area contributed by atoms with Gasteiger partial charge < -0.3 is 39.4 Å². The van der Waals surface area contributed by atoms with Crippen molar-refractivity contribution >= 4 is 64.3 Å². The predicted octanol–water partition coefficient (Wildman–Crippen LogP) is 2.48. The summed E-state index contributed by atoms with van der Waals surface area (Å²) in [6.07, 6.45) is -1.69. The van der Waals surface area contributed by atoms with Crippen LogP contribution in [0.1, 0.15) is 32.9 Å². The van der Waals surface area contributed by atoms with Gasteiger partial charge >= 0.3 is 13.7 Å². The lowest BCUT2D eigenvalue weighted by atomic mass is 9.96. The van der Waals surface area contributed by atoms with Crippen LogP contribution in [0.5, 0.6) is 11.6 Å². The number of nitrogen functional groups attached to an aromatic ring is 1. The van der Waals surface area contributed by atoms with Crippen LogP contribution in [0.3, 0.4) is 0 Å². The van der Waals surface area contributed by atoms with E-state index in [0.717, 1.165) is 0 Å². The van der Waals surface area contributed by atoms with Gasteiger partial charge in [-0.05, 0) is 38.1 Å². The summed E-state index contributed by atoms with van der Waals surface area (Å²) in [5, 5.41) is 26.0. The van der Waals surface area contributed by atoms with E-state index >= 15 is 0 Å². The van der Waals surface area contributed by atoms with Crippen LogP contribution >= 0.6 is 30.3 Å². The van der Waals surface area contributed by atoms with E-state index in [1.54, 1.807) is 36.5 Å². The number of aliphatic hydroxyl groups excluding tert-OH is 1. The maximum Gasteiger partial charge on any atom is 0.459 e. The van der Waals surface area contributed by atoms with Crippen LogP contribution in [0.2, 0.25) is 0 Å². The Labute approximate surface area is 288 Å². The summed E-state index contributed by atoms with van der Waals surface area (Å²) in [4.78, 5) is 30.1. The summed E-state index contributed by atoms with van der Waals surface area (Å²) in [5.41, 5.74) is 5.00. The first kappa shape index (κ1) is 34.6. The number of fused-ring (bicyclic) bond motifs is 2. The van der Waals surface area contributed by atoms with E-state index in [9.17, 15) is 19.6 Å². The van der Waals surface area contributed by atoms with Crippen LogP contribution < -0.4 is 20.1 Å². The van der Waals surface area contributed by atoms with Crippen molar-refractivity contribution in [3.63, 3.8) is 0 Å². The Hall–Kier alpha value is -3.23. The Morgan fingerprint density at radius 1 is 1.25 bits per heavy atom. The van der Waals surface area contributed by atoms with E-state index in [1.807, 2.05) is 22.6 Å². The fourth-order valence-electron chi connectivity index (χ4n) is 5.54. The number of nitrogens with one attached hydrogen (secondary N) is 1. The van der Waals surface area contributed by atoms with Crippen LogP contribution in [-0.2, 0) is 28.1 Å². The second kappa shape index (κ2) is 13.9. The standard InChI is InChI=1S/C29H35IN7O10P/c1-15(25(39)45-16-9-12-43-13-10-16)36-48(41,47-19-8-4-7-18-17(19)6-5-11-32-18)44-14-20-22(38)29(2,40)26(46-20)37-23-21(33-27(37)30)24(42-3)35-28(31)34-23/h4-8,11,15-16,20,22,26,38,40H,9-10,12-14H2,1-3H3,(H,36,41)(H2,31,34,35)/t15?,20-,22-,26-,29-,48?/m1/s1. The third-order valence-corrected chi connectivity index (χ3v) is 10.4. The number of imidazole rings is 1. The van der Waals surface area contributed by atoms with Crippen molar-refractivity contribution in [2.75, 3.05) is 32.7 Å². The fraction of sp³-hybridized carbons (Fsp3) is 0.483. The minimum absolute atomic E-state index is 0.104. The Balaban J connectivity index is 1.26. The molecular formula is C29H35IN7O10P. The van der Waals surface area contributed by atoms with E-state index in [-0.39, 0.29) is 34.8 Å². The van der Waals surface area contributed by atoms with Gasteiger partial charge in [-0.1, -0.05) is 6.07 Å². The molecule has 2 aliphatic heterocycles. The Morgan fingerprint density at radius 2 is 2.02 bits per heavy atom. The molecule has 17 nitrogen and oxygen atoms in total. The number of esters is 1. The SMILES string of the molecule is COc1nc(N)nc2c1nc(I)n2[C@@H]1O[C@H](COP(=O)(NC(C)C(=O)OC2CCOCC2)Oc2cccc3ncccc23)[C@@H](O)[C@@]1(C)O. The van der Waals surface area contributed by atoms with Crippen LogP contribution in [0.15, 0.2) is 36.5 Å². The van der Waals surface area contributed by atoms with Crippen molar-refractivity contribution < 1.29 is 47.6 Å². The van der Waals surface area contributed by atoms with Crippen LogP contribution in [0.4, 0.5) is 5.95 Å². The molecule has 6 atom stereocenters. The summed E-state index contributed by atoms with van der Waals surface area (Å²) in [6, 6.07) is 7.32. The van der Waals surface area contributed by atoms with Crippen LogP contribution in [0, 0.1) is 3.83 Å². The molecule has 2 unspecified atom stereocenters. The van der Waals surface area contributed by atoms with Gasteiger partial charge in [0.1, 0.15) is 35.7 Å². The summed E-state index contributed by atoms with van der Waals surface area (Å²) in [7, 11) is -3.02. The van der Waals surface area contributed by atoms with Crippen molar-refractivity contribution in [1.82, 2.24) is 29.6 Å². The number of hydrogen-bond donors (Lipinski definition) is 4. The normalized spacial score (nSPS) is 25.2. The number of halogens is 1. The molecule has 2 saturated heterocycles. The molecule has 0 bridgehead atoms. The number of ether oxygens (including phenoxy) is 4. The predicted molar refractivity (Wildman–Crippen MR) is 178 cm³/mol. The molecule has 258 valence electrons. The summed E-state index contributed by atoms with van der Waals surface area (Å²) >= 11 is 1.92. The number of anilines is 1. The first-order valence-electron chi connectivity index (χ1n) is 15.0. The fourth-order valence-corrected chi connectivity index (χ4v) is 7.78. The lowest BCUT2D eigenvalue weighted by molar-refractivity contribution is -0.154. The van der Waals surface area contributed by atoms with Gasteiger partial charge in [0.15, 0.2) is 21.2 Å². The highest BCUT2D eigenvalue weighted by atomic mass is 127. The molecule has 3 aromatic heterocycles. The smallest absolute Gasteiger partial charge is 0.459 e. The number of nitrogens with two attached hydrogens (primary N) is 1. The average molecular weight is 800 g/mol. The summed E-state index contributed by atoms with van der Waals surface area (Å²) in [5.74, 6) is -0.478. The van der Waals surface area contributed by atoms with Crippen LogP contribution in [0.25, 0.3) is 22.1 Å². The van der Waals surface area contributed by atoms with Crippen molar-refractivity contribution in [3.05, 3.63) is 40.4 Å². The first-order valence-corrected chi connectivity index (χ1v) is 17.7. The van der Waals surface area contributed by atoms with Gasteiger partial charge in [0.05, 0.1) is 32.4 Å². The van der Waals surface area contributed by atoms with Gasteiger partial charge in [-0.3, -0.25) is 18.9 Å². The Morgan fingerprint density at radius 3 is 2.77 bits per heavy atom. The molecule has 0 radical (unpaired) electrons. The van der Waals surface area contributed by atoms with Gasteiger partial charge in [-0.2, -0.15) is 15.1 Å². The molecule has 5 heterocycles. The minimum atomic E-state index is -4.43. The molecule has 2 aliphatic rings. The molecular weight excluding hydrogens is 764 g/mol. The number of pyridine rings is 1. The lowest BCUT2D eigenvalue weighted by Gasteiger charge is -2.28. The highest BCUT2D eigenvalue weighted by Crippen LogP contribution is 2.49. The number of nitrogens with zero attached hydrogens (tertiary/aromatic N) is 5. The molecule has 4 aromatic rings. The highest BCUT2D eigenvalue weighted by Gasteiger charge is 2.55. The monoisotopic (exact) mass is 799 g/mol. The van der Waals surface area contributed by atoms with E-state index < -0.39 is 50.4 Å². The molecule has 2 fully saturated rings. The number of methoxy groups -OCH3 is 1.